The fourth-order valence-electron chi connectivity index (χ4n) is 2.32. The zero-order valence-electron chi connectivity index (χ0n) is 12.5. The molecule has 2 rings (SSSR count). The molecule has 1 unspecified atom stereocenters. The van der Waals surface area contributed by atoms with Gasteiger partial charge in [0, 0.05) is 18.8 Å². The van der Waals surface area contributed by atoms with Crippen molar-refractivity contribution in [3.63, 3.8) is 0 Å². The van der Waals surface area contributed by atoms with Gasteiger partial charge in [0.25, 0.3) is 0 Å². The molecule has 1 aromatic rings. The molecule has 0 amide bonds. The third kappa shape index (κ3) is 4.15. The van der Waals surface area contributed by atoms with Crippen LogP contribution >= 0.6 is 0 Å². The number of Topliss-reactive ketones (excluding diaryl/α,β-unsaturated/α-hetero) is 1. The van der Waals surface area contributed by atoms with Crippen LogP contribution in [0.4, 0.5) is 5.69 Å². The lowest BCUT2D eigenvalue weighted by Gasteiger charge is -2.15. The first kappa shape index (κ1) is 17.1. The van der Waals surface area contributed by atoms with Crippen molar-refractivity contribution in [1.82, 2.24) is 10.7 Å². The summed E-state index contributed by atoms with van der Waals surface area (Å²) in [5.74, 6) is -0.907. The Bertz CT molecular complexity index is 741. The summed E-state index contributed by atoms with van der Waals surface area (Å²) in [5.41, 5.74) is 8.02. The molecule has 9 heteroatoms. The number of benzene rings is 1. The van der Waals surface area contributed by atoms with Crippen LogP contribution < -0.4 is 21.3 Å². The Morgan fingerprint density at radius 3 is 2.57 bits per heavy atom. The number of allylic oxidation sites excluding steroid dienone is 1. The number of carbonyl (C=O) groups is 2. The Balaban J connectivity index is 2.06. The maximum atomic E-state index is 11.6. The van der Waals surface area contributed by atoms with E-state index in [1.807, 2.05) is 0 Å². The molecule has 8 nitrogen and oxygen atoms in total. The van der Waals surface area contributed by atoms with Gasteiger partial charge < -0.3 is 16.2 Å². The first-order valence-corrected chi connectivity index (χ1v) is 8.42. The van der Waals surface area contributed by atoms with Crippen molar-refractivity contribution in [2.75, 3.05) is 18.5 Å². The number of rotatable bonds is 6. The topological polar surface area (TPSA) is 130 Å². The van der Waals surface area contributed by atoms with E-state index in [0.717, 1.165) is 11.3 Å². The molecular weight excluding hydrogens is 320 g/mol. The molecule has 0 radical (unpaired) electrons. The largest absolute Gasteiger partial charge is 0.312 e. The highest BCUT2D eigenvalue weighted by atomic mass is 32.2. The van der Waals surface area contributed by atoms with Gasteiger partial charge in [-0.1, -0.05) is 0 Å². The van der Waals surface area contributed by atoms with E-state index in [9.17, 15) is 18.0 Å². The molecule has 23 heavy (non-hydrogen) atoms. The van der Waals surface area contributed by atoms with Gasteiger partial charge in [-0.15, -0.1) is 0 Å². The molecule has 1 saturated heterocycles. The van der Waals surface area contributed by atoms with Crippen LogP contribution in [0.3, 0.4) is 0 Å². The van der Waals surface area contributed by atoms with Crippen molar-refractivity contribution >= 4 is 27.8 Å². The van der Waals surface area contributed by atoms with E-state index in [-0.39, 0.29) is 4.90 Å². The summed E-state index contributed by atoms with van der Waals surface area (Å²) in [4.78, 5) is 22.3. The van der Waals surface area contributed by atoms with E-state index in [4.69, 9.17) is 5.14 Å². The minimum atomic E-state index is -3.72. The number of hydrogen-bond acceptors (Lipinski definition) is 7. The van der Waals surface area contributed by atoms with Gasteiger partial charge in [0.1, 0.15) is 0 Å². The van der Waals surface area contributed by atoms with Crippen LogP contribution in [0.2, 0.25) is 0 Å². The number of hydrazine groups is 1. The number of nitrogens with two attached hydrogens (primary N) is 1. The zero-order chi connectivity index (χ0) is 17.0. The molecular formula is C14H18N4O4S. The van der Waals surface area contributed by atoms with E-state index in [1.54, 1.807) is 19.1 Å². The van der Waals surface area contributed by atoms with Crippen LogP contribution in [0.15, 0.2) is 40.4 Å². The van der Waals surface area contributed by atoms with Crippen LogP contribution in [0.1, 0.15) is 6.92 Å². The molecule has 1 fully saturated rings. The van der Waals surface area contributed by atoms with Gasteiger partial charge in [0.15, 0.2) is 6.29 Å². The highest BCUT2D eigenvalue weighted by Gasteiger charge is 2.28. The lowest BCUT2D eigenvalue weighted by Crippen LogP contribution is -2.25. The minimum Gasteiger partial charge on any atom is -0.312 e. The quantitative estimate of drug-likeness (QED) is 0.313. The summed E-state index contributed by atoms with van der Waals surface area (Å²) in [6, 6.07) is 5.90. The number of primary sulfonamides is 1. The van der Waals surface area contributed by atoms with Crippen molar-refractivity contribution < 1.29 is 18.0 Å². The molecule has 5 N–H and O–H groups in total. The number of ketones is 1. The number of aldehydes is 1. The molecule has 1 aliphatic rings. The van der Waals surface area contributed by atoms with Crippen molar-refractivity contribution in [2.45, 2.75) is 11.8 Å². The van der Waals surface area contributed by atoms with Crippen LogP contribution in [0.5, 0.6) is 0 Å². The summed E-state index contributed by atoms with van der Waals surface area (Å²) < 4.78 is 22.4. The molecule has 1 aliphatic heterocycles. The first-order chi connectivity index (χ1) is 10.8. The number of carbonyl (C=O) groups excluding carboxylic acids is 2. The van der Waals surface area contributed by atoms with Gasteiger partial charge in [0.05, 0.1) is 16.5 Å². The van der Waals surface area contributed by atoms with Crippen molar-refractivity contribution in [2.24, 2.45) is 11.1 Å². The summed E-state index contributed by atoms with van der Waals surface area (Å²) in [6.07, 6.45) is 0.338. The predicted molar refractivity (Wildman–Crippen MR) is 84.7 cm³/mol. The summed E-state index contributed by atoms with van der Waals surface area (Å²) >= 11 is 0. The Kier molecular flexibility index (Phi) is 5.14. The molecule has 0 aromatic heterocycles. The predicted octanol–water partition coefficient (Wildman–Crippen LogP) is -0.488. The number of anilines is 1. The lowest BCUT2D eigenvalue weighted by atomic mass is 9.97. The van der Waals surface area contributed by atoms with Crippen molar-refractivity contribution in [3.8, 4) is 0 Å². The Labute approximate surface area is 134 Å². The average Bonchev–Trinajstić information content (AvgIpc) is 3.01. The molecule has 0 aliphatic carbocycles. The maximum absolute atomic E-state index is 11.6. The van der Waals surface area contributed by atoms with Gasteiger partial charge in [0.2, 0.25) is 15.8 Å². The molecule has 0 bridgehead atoms. The molecule has 0 saturated carbocycles. The Hall–Kier alpha value is -2.23. The van der Waals surface area contributed by atoms with E-state index >= 15 is 0 Å². The third-order valence-corrected chi connectivity index (χ3v) is 4.53. The van der Waals surface area contributed by atoms with Crippen LogP contribution in [-0.4, -0.2) is 33.6 Å². The smallest absolute Gasteiger partial charge is 0.238 e. The summed E-state index contributed by atoms with van der Waals surface area (Å²) in [7, 11) is -3.72. The van der Waals surface area contributed by atoms with E-state index in [0.29, 0.717) is 25.1 Å². The second-order valence-corrected chi connectivity index (χ2v) is 6.73. The van der Waals surface area contributed by atoms with E-state index in [2.05, 4.69) is 16.2 Å². The Morgan fingerprint density at radius 1 is 1.35 bits per heavy atom. The fourth-order valence-corrected chi connectivity index (χ4v) is 2.84. The summed E-state index contributed by atoms with van der Waals surface area (Å²) in [5, 5.41) is 8.08. The van der Waals surface area contributed by atoms with Crippen LogP contribution in [0.25, 0.3) is 0 Å². The summed E-state index contributed by atoms with van der Waals surface area (Å²) in [6.45, 7) is 2.75. The molecule has 1 aromatic carbocycles. The van der Waals surface area contributed by atoms with Gasteiger partial charge in [-0.3, -0.25) is 9.59 Å². The third-order valence-electron chi connectivity index (χ3n) is 3.60. The normalized spacial score (nSPS) is 20.0. The second-order valence-electron chi connectivity index (χ2n) is 5.17. The molecule has 124 valence electrons. The standard InChI is InChI=1S/C14H18N4O4S/c1-9(12-6-16-7-13(12)14(20)8-19)17-18-10-2-4-11(5-3-10)23(15,21)22/h2-5,8,13,16-18H,6-7H2,1H3,(H2,15,21,22). The van der Waals surface area contributed by atoms with Crippen LogP contribution in [0, 0.1) is 5.92 Å². The molecule has 1 heterocycles. The lowest BCUT2D eigenvalue weighted by molar-refractivity contribution is -0.131. The monoisotopic (exact) mass is 338 g/mol. The molecule has 0 spiro atoms. The number of sulfonamides is 1. The maximum Gasteiger partial charge on any atom is 0.238 e. The SMILES string of the molecule is CC(NNc1ccc(S(N)(=O)=O)cc1)=C1CNCC1C(=O)C=O. The minimum absolute atomic E-state index is 0.0229. The van der Waals surface area contributed by atoms with Gasteiger partial charge in [-0.2, -0.15) is 0 Å². The first-order valence-electron chi connectivity index (χ1n) is 6.87. The zero-order valence-corrected chi connectivity index (χ0v) is 13.3. The van der Waals surface area contributed by atoms with Gasteiger partial charge in [-0.05, 0) is 36.8 Å². The van der Waals surface area contributed by atoms with Gasteiger partial charge in [-0.25, -0.2) is 13.6 Å². The number of hydrogen-bond donors (Lipinski definition) is 4. The van der Waals surface area contributed by atoms with Gasteiger partial charge >= 0.3 is 0 Å². The average molecular weight is 338 g/mol. The second kappa shape index (κ2) is 6.90. The number of nitrogens with one attached hydrogen (secondary N) is 3. The highest BCUT2D eigenvalue weighted by Crippen LogP contribution is 2.19. The molecule has 1 atom stereocenters. The Morgan fingerprint density at radius 2 is 2.00 bits per heavy atom. The van der Waals surface area contributed by atoms with E-state index < -0.39 is 21.7 Å². The van der Waals surface area contributed by atoms with Crippen molar-refractivity contribution in [1.29, 1.82) is 0 Å². The fraction of sp³-hybridized carbons (Fsp3) is 0.286. The van der Waals surface area contributed by atoms with E-state index in [1.165, 1.54) is 12.1 Å². The van der Waals surface area contributed by atoms with Crippen LogP contribution in [-0.2, 0) is 19.6 Å². The van der Waals surface area contributed by atoms with Crippen molar-refractivity contribution in [3.05, 3.63) is 35.5 Å². The highest BCUT2D eigenvalue weighted by molar-refractivity contribution is 7.89.